The average molecular weight is 315 g/mol. The van der Waals surface area contributed by atoms with E-state index in [2.05, 4.69) is 9.98 Å². The SMILES string of the molecule is Cc1nc(/N=C/N(C)C)n(Cc2ccccc2)c(=O)c1[N+](=O)[O-]. The molecule has 8 nitrogen and oxygen atoms in total. The van der Waals surface area contributed by atoms with Gasteiger partial charge in [-0.3, -0.25) is 19.5 Å². The first-order chi connectivity index (χ1) is 10.9. The molecule has 120 valence electrons. The van der Waals surface area contributed by atoms with Gasteiger partial charge >= 0.3 is 11.2 Å². The van der Waals surface area contributed by atoms with Gasteiger partial charge in [-0.15, -0.1) is 0 Å². The molecule has 0 radical (unpaired) electrons. The van der Waals surface area contributed by atoms with Gasteiger partial charge in [-0.25, -0.2) is 9.98 Å². The van der Waals surface area contributed by atoms with E-state index in [0.717, 1.165) is 5.56 Å². The van der Waals surface area contributed by atoms with Crippen molar-refractivity contribution >= 4 is 18.0 Å². The zero-order valence-electron chi connectivity index (χ0n) is 13.1. The van der Waals surface area contributed by atoms with Gasteiger partial charge in [0.05, 0.1) is 17.8 Å². The summed E-state index contributed by atoms with van der Waals surface area (Å²) in [7, 11) is 3.56. The van der Waals surface area contributed by atoms with Crippen LogP contribution in [0, 0.1) is 17.0 Å². The van der Waals surface area contributed by atoms with Crippen LogP contribution in [0.25, 0.3) is 0 Å². The van der Waals surface area contributed by atoms with Crippen molar-refractivity contribution in [3.63, 3.8) is 0 Å². The Labute approximate surface area is 132 Å². The Kier molecular flexibility index (Phi) is 4.85. The molecule has 0 saturated carbocycles. The van der Waals surface area contributed by atoms with Crippen molar-refractivity contribution in [3.8, 4) is 0 Å². The third-order valence-electron chi connectivity index (χ3n) is 3.07. The predicted molar refractivity (Wildman–Crippen MR) is 87.3 cm³/mol. The van der Waals surface area contributed by atoms with Crippen LogP contribution >= 0.6 is 0 Å². The van der Waals surface area contributed by atoms with Gasteiger partial charge in [0.25, 0.3) is 0 Å². The van der Waals surface area contributed by atoms with E-state index in [1.165, 1.54) is 17.8 Å². The second kappa shape index (κ2) is 6.82. The average Bonchev–Trinajstić information content (AvgIpc) is 2.49. The summed E-state index contributed by atoms with van der Waals surface area (Å²) < 4.78 is 1.21. The molecule has 0 aliphatic rings. The van der Waals surface area contributed by atoms with Crippen molar-refractivity contribution in [2.45, 2.75) is 13.5 Å². The fourth-order valence-electron chi connectivity index (χ4n) is 2.02. The third kappa shape index (κ3) is 3.79. The minimum absolute atomic E-state index is 0.0511. The van der Waals surface area contributed by atoms with Crippen LogP contribution in [-0.2, 0) is 6.54 Å². The summed E-state index contributed by atoms with van der Waals surface area (Å²) in [4.78, 5) is 32.9. The number of nitrogens with zero attached hydrogens (tertiary/aromatic N) is 5. The van der Waals surface area contributed by atoms with Crippen LogP contribution in [0.5, 0.6) is 0 Å². The van der Waals surface area contributed by atoms with Gasteiger partial charge in [0.2, 0.25) is 5.95 Å². The molecule has 0 aliphatic carbocycles. The standard InChI is InChI=1S/C15H17N5O3/c1-11-13(20(22)23)14(21)19(9-12-7-5-4-6-8-12)15(17-11)16-10-18(2)3/h4-8,10H,9H2,1-3H3/b16-10+. The maximum Gasteiger partial charge on any atom is 0.355 e. The second-order valence-corrected chi connectivity index (χ2v) is 5.19. The third-order valence-corrected chi connectivity index (χ3v) is 3.07. The van der Waals surface area contributed by atoms with Crippen LogP contribution in [0.3, 0.4) is 0 Å². The molecule has 0 spiro atoms. The molecule has 0 amide bonds. The van der Waals surface area contributed by atoms with E-state index in [0.29, 0.717) is 0 Å². The van der Waals surface area contributed by atoms with Gasteiger partial charge in [0, 0.05) is 14.1 Å². The van der Waals surface area contributed by atoms with E-state index in [1.807, 2.05) is 30.3 Å². The molecule has 1 aromatic heterocycles. The van der Waals surface area contributed by atoms with Crippen molar-refractivity contribution in [1.82, 2.24) is 14.5 Å². The maximum absolute atomic E-state index is 12.5. The van der Waals surface area contributed by atoms with E-state index >= 15 is 0 Å². The highest BCUT2D eigenvalue weighted by atomic mass is 16.6. The maximum atomic E-state index is 12.5. The second-order valence-electron chi connectivity index (χ2n) is 5.19. The largest absolute Gasteiger partial charge is 0.369 e. The Balaban J connectivity index is 2.61. The highest BCUT2D eigenvalue weighted by Gasteiger charge is 2.23. The Bertz CT molecular complexity index is 797. The Morgan fingerprint density at radius 2 is 2.00 bits per heavy atom. The van der Waals surface area contributed by atoms with Crippen molar-refractivity contribution in [3.05, 3.63) is 62.1 Å². The number of aliphatic imine (C=N–C) groups is 1. The molecule has 2 rings (SSSR count). The van der Waals surface area contributed by atoms with Crippen LogP contribution in [0.4, 0.5) is 11.6 Å². The molecule has 0 aliphatic heterocycles. The van der Waals surface area contributed by atoms with Crippen LogP contribution < -0.4 is 5.56 Å². The molecular weight excluding hydrogens is 298 g/mol. The van der Waals surface area contributed by atoms with E-state index in [1.54, 1.807) is 19.0 Å². The number of hydrogen-bond donors (Lipinski definition) is 0. The molecule has 1 heterocycles. The normalized spacial score (nSPS) is 10.9. The molecule has 8 heteroatoms. The first-order valence-electron chi connectivity index (χ1n) is 6.90. The monoisotopic (exact) mass is 315 g/mol. The van der Waals surface area contributed by atoms with E-state index in [9.17, 15) is 14.9 Å². The van der Waals surface area contributed by atoms with Gasteiger partial charge in [-0.2, -0.15) is 0 Å². The number of benzene rings is 1. The summed E-state index contributed by atoms with van der Waals surface area (Å²) in [6, 6.07) is 9.18. The number of rotatable bonds is 5. The smallest absolute Gasteiger partial charge is 0.355 e. The van der Waals surface area contributed by atoms with Crippen LogP contribution in [0.2, 0.25) is 0 Å². The summed E-state index contributed by atoms with van der Waals surface area (Å²) >= 11 is 0. The van der Waals surface area contributed by atoms with Crippen molar-refractivity contribution < 1.29 is 4.92 Å². The minimum Gasteiger partial charge on any atom is -0.369 e. The van der Waals surface area contributed by atoms with Gasteiger partial charge in [0.15, 0.2) is 0 Å². The quantitative estimate of drug-likeness (QED) is 0.362. The van der Waals surface area contributed by atoms with E-state index in [4.69, 9.17) is 0 Å². The fraction of sp³-hybridized carbons (Fsp3) is 0.267. The van der Waals surface area contributed by atoms with Crippen molar-refractivity contribution in [2.75, 3.05) is 14.1 Å². The molecule has 0 bridgehead atoms. The number of hydrogen-bond acceptors (Lipinski definition) is 5. The van der Waals surface area contributed by atoms with Gasteiger partial charge in [0.1, 0.15) is 5.69 Å². The summed E-state index contributed by atoms with van der Waals surface area (Å²) in [5, 5.41) is 11.1. The van der Waals surface area contributed by atoms with Crippen LogP contribution in [0.15, 0.2) is 40.1 Å². The number of aromatic nitrogens is 2. The zero-order chi connectivity index (χ0) is 17.0. The summed E-state index contributed by atoms with van der Waals surface area (Å²) in [6.07, 6.45) is 1.49. The topological polar surface area (TPSA) is 93.6 Å². The van der Waals surface area contributed by atoms with Gasteiger partial charge < -0.3 is 4.90 Å². The lowest BCUT2D eigenvalue weighted by molar-refractivity contribution is -0.387. The van der Waals surface area contributed by atoms with Crippen molar-refractivity contribution in [1.29, 1.82) is 0 Å². The molecule has 0 N–H and O–H groups in total. The molecule has 0 saturated heterocycles. The Morgan fingerprint density at radius 3 is 2.57 bits per heavy atom. The molecule has 23 heavy (non-hydrogen) atoms. The molecule has 2 aromatic rings. The molecular formula is C15H17N5O3. The number of aryl methyl sites for hydroxylation is 1. The first kappa shape index (κ1) is 16.3. The van der Waals surface area contributed by atoms with E-state index < -0.39 is 16.2 Å². The number of nitro groups is 1. The lowest BCUT2D eigenvalue weighted by atomic mass is 10.2. The van der Waals surface area contributed by atoms with Crippen LogP contribution in [-0.4, -0.2) is 39.8 Å². The lowest BCUT2D eigenvalue weighted by Crippen LogP contribution is -2.26. The predicted octanol–water partition coefficient (Wildman–Crippen LogP) is 1.73. The highest BCUT2D eigenvalue weighted by molar-refractivity contribution is 5.58. The Morgan fingerprint density at radius 1 is 1.35 bits per heavy atom. The molecule has 0 atom stereocenters. The fourth-order valence-corrected chi connectivity index (χ4v) is 2.02. The van der Waals surface area contributed by atoms with Gasteiger partial charge in [-0.1, -0.05) is 30.3 Å². The van der Waals surface area contributed by atoms with Gasteiger partial charge in [-0.05, 0) is 12.5 Å². The Hall–Kier alpha value is -3.03. The zero-order valence-corrected chi connectivity index (χ0v) is 13.1. The van der Waals surface area contributed by atoms with Crippen molar-refractivity contribution in [2.24, 2.45) is 4.99 Å². The summed E-state index contributed by atoms with van der Waals surface area (Å²) in [6.45, 7) is 1.59. The lowest BCUT2D eigenvalue weighted by Gasteiger charge is -2.11. The first-order valence-corrected chi connectivity index (χ1v) is 6.90. The minimum atomic E-state index is -0.711. The van der Waals surface area contributed by atoms with E-state index in [-0.39, 0.29) is 18.2 Å². The summed E-state index contributed by atoms with van der Waals surface area (Å²) in [5.41, 5.74) is -0.354. The van der Waals surface area contributed by atoms with Crippen LogP contribution in [0.1, 0.15) is 11.3 Å². The highest BCUT2D eigenvalue weighted by Crippen LogP contribution is 2.16. The molecule has 0 fully saturated rings. The molecule has 1 aromatic carbocycles. The summed E-state index contributed by atoms with van der Waals surface area (Å²) in [5.74, 6) is 0.135. The molecule has 0 unspecified atom stereocenters.